The second-order valence-corrected chi connectivity index (χ2v) is 6.59. The van der Waals surface area contributed by atoms with E-state index in [-0.39, 0.29) is 0 Å². The lowest BCUT2D eigenvalue weighted by atomic mass is 9.90. The van der Waals surface area contributed by atoms with Gasteiger partial charge in [-0.1, -0.05) is 43.9 Å². The highest BCUT2D eigenvalue weighted by Crippen LogP contribution is 2.34. The van der Waals surface area contributed by atoms with Crippen LogP contribution in [0.5, 0.6) is 0 Å². The lowest BCUT2D eigenvalue weighted by molar-refractivity contribution is 0.266. The molecule has 3 heteroatoms. The molecule has 4 rings (SSSR count). The van der Waals surface area contributed by atoms with Crippen LogP contribution in [0.1, 0.15) is 25.7 Å². The Balaban J connectivity index is 1.59. The molecule has 2 heterocycles. The van der Waals surface area contributed by atoms with Crippen molar-refractivity contribution in [1.29, 1.82) is 0 Å². The van der Waals surface area contributed by atoms with Gasteiger partial charge in [-0.2, -0.15) is 0 Å². The van der Waals surface area contributed by atoms with E-state index in [1.54, 1.807) is 0 Å². The highest BCUT2D eigenvalue weighted by Gasteiger charge is 2.25. The first-order chi connectivity index (χ1) is 10.9. The second-order valence-electron chi connectivity index (χ2n) is 6.59. The predicted molar refractivity (Wildman–Crippen MR) is 89.6 cm³/mol. The number of nitrogens with zero attached hydrogens (tertiary/aromatic N) is 3. The van der Waals surface area contributed by atoms with E-state index in [1.165, 1.54) is 36.6 Å². The maximum atomic E-state index is 4.20. The van der Waals surface area contributed by atoms with Crippen molar-refractivity contribution in [3.63, 3.8) is 0 Å². The lowest BCUT2D eigenvalue weighted by Gasteiger charge is -2.25. The first-order valence-electron chi connectivity index (χ1n) is 8.40. The molecule has 3 aromatic rings. The van der Waals surface area contributed by atoms with Gasteiger partial charge in [0.25, 0.3) is 0 Å². The van der Waals surface area contributed by atoms with Crippen molar-refractivity contribution < 1.29 is 0 Å². The Morgan fingerprint density at radius 1 is 1.05 bits per heavy atom. The summed E-state index contributed by atoms with van der Waals surface area (Å²) in [5, 5.41) is 1.34. The fraction of sp³-hybridized carbons (Fsp3) is 0.421. The highest BCUT2D eigenvalue weighted by molar-refractivity contribution is 5.79. The zero-order valence-corrected chi connectivity index (χ0v) is 12.9. The zero-order chi connectivity index (χ0) is 14.8. The van der Waals surface area contributed by atoms with Crippen LogP contribution in [-0.4, -0.2) is 14.1 Å². The van der Waals surface area contributed by atoms with Crippen molar-refractivity contribution in [3.05, 3.63) is 55.2 Å². The van der Waals surface area contributed by atoms with Gasteiger partial charge in [-0.15, -0.1) is 0 Å². The highest BCUT2D eigenvalue weighted by atomic mass is 15.0. The molecule has 1 aliphatic carbocycles. The van der Waals surface area contributed by atoms with Gasteiger partial charge in [0, 0.05) is 37.2 Å². The van der Waals surface area contributed by atoms with Gasteiger partial charge in [-0.25, -0.2) is 4.98 Å². The molecule has 0 amide bonds. The number of fused-ring (bicyclic) bond motifs is 1. The van der Waals surface area contributed by atoms with Crippen LogP contribution in [-0.2, 0) is 13.1 Å². The number of hydrogen-bond donors (Lipinski definition) is 0. The van der Waals surface area contributed by atoms with E-state index >= 15 is 0 Å². The molecule has 1 aromatic carbocycles. The maximum Gasteiger partial charge on any atom is 0.0946 e. The van der Waals surface area contributed by atoms with Crippen LogP contribution >= 0.6 is 0 Å². The predicted octanol–water partition coefficient (Wildman–Crippen LogP) is 4.34. The summed E-state index contributed by atoms with van der Waals surface area (Å²) in [6.45, 7) is 2.19. The van der Waals surface area contributed by atoms with Gasteiger partial charge in [0.2, 0.25) is 0 Å². The summed E-state index contributed by atoms with van der Waals surface area (Å²) in [5.41, 5.74) is 1.36. The molecule has 0 bridgehead atoms. The van der Waals surface area contributed by atoms with Crippen LogP contribution in [0.25, 0.3) is 10.9 Å². The minimum absolute atomic E-state index is 0.688. The van der Waals surface area contributed by atoms with Crippen molar-refractivity contribution in [2.75, 3.05) is 0 Å². The average Bonchev–Trinajstić information content (AvgIpc) is 3.29. The van der Waals surface area contributed by atoms with Crippen LogP contribution in [0.3, 0.4) is 0 Å². The number of para-hydroxylation sites is 1. The standard InChI is InChI=1S/C19H23N3/c1-2-6-16(5-1)18(13-21-12-10-20-15-21)14-22-11-9-17-7-3-4-8-19(17)22/h3-4,7-12,15-16,18H,1-2,5-6,13-14H2. The quantitative estimate of drug-likeness (QED) is 0.686. The van der Waals surface area contributed by atoms with Crippen LogP contribution in [0, 0.1) is 11.8 Å². The third kappa shape index (κ3) is 2.68. The summed E-state index contributed by atoms with van der Waals surface area (Å²) < 4.78 is 4.68. The van der Waals surface area contributed by atoms with E-state index in [1.807, 2.05) is 12.5 Å². The van der Waals surface area contributed by atoms with E-state index in [0.717, 1.165) is 19.0 Å². The van der Waals surface area contributed by atoms with E-state index in [4.69, 9.17) is 0 Å². The first-order valence-corrected chi connectivity index (χ1v) is 8.40. The van der Waals surface area contributed by atoms with Crippen LogP contribution < -0.4 is 0 Å². The molecule has 1 unspecified atom stereocenters. The second kappa shape index (κ2) is 5.99. The number of rotatable bonds is 5. The molecule has 0 N–H and O–H groups in total. The summed E-state index contributed by atoms with van der Waals surface area (Å²) in [6.07, 6.45) is 13.8. The van der Waals surface area contributed by atoms with Gasteiger partial charge in [-0.3, -0.25) is 0 Å². The van der Waals surface area contributed by atoms with Gasteiger partial charge < -0.3 is 9.13 Å². The number of benzene rings is 1. The van der Waals surface area contributed by atoms with Crippen LogP contribution in [0.2, 0.25) is 0 Å². The Morgan fingerprint density at radius 3 is 2.73 bits per heavy atom. The number of aromatic nitrogens is 3. The summed E-state index contributed by atoms with van der Waals surface area (Å²) >= 11 is 0. The molecule has 0 aliphatic heterocycles. The summed E-state index contributed by atoms with van der Waals surface area (Å²) in [4.78, 5) is 4.20. The smallest absolute Gasteiger partial charge is 0.0946 e. The normalized spacial score (nSPS) is 17.3. The van der Waals surface area contributed by atoms with Crippen LogP contribution in [0.4, 0.5) is 0 Å². The molecule has 3 nitrogen and oxygen atoms in total. The molecule has 2 aromatic heterocycles. The van der Waals surface area contributed by atoms with E-state index < -0.39 is 0 Å². The lowest BCUT2D eigenvalue weighted by Crippen LogP contribution is -2.23. The zero-order valence-electron chi connectivity index (χ0n) is 12.9. The molecule has 1 aliphatic rings. The SMILES string of the molecule is c1ccc2c(c1)ccn2CC(Cn1ccnc1)C1CCCC1. The van der Waals surface area contributed by atoms with Crippen molar-refractivity contribution in [3.8, 4) is 0 Å². The Hall–Kier alpha value is -2.03. The fourth-order valence-electron chi connectivity index (χ4n) is 4.00. The van der Waals surface area contributed by atoms with Gasteiger partial charge in [0.15, 0.2) is 0 Å². The summed E-state index contributed by atoms with van der Waals surface area (Å²) in [7, 11) is 0. The molecule has 114 valence electrons. The molecular weight excluding hydrogens is 270 g/mol. The van der Waals surface area contributed by atoms with Crippen LogP contribution in [0.15, 0.2) is 55.2 Å². The summed E-state index contributed by atoms with van der Waals surface area (Å²) in [6, 6.07) is 10.9. The number of hydrogen-bond acceptors (Lipinski definition) is 1. The van der Waals surface area contributed by atoms with Crippen molar-refractivity contribution in [2.45, 2.75) is 38.8 Å². The largest absolute Gasteiger partial charge is 0.347 e. The molecule has 1 atom stereocenters. The first kappa shape index (κ1) is 13.6. The Kier molecular flexibility index (Phi) is 3.71. The molecular formula is C19H23N3. The topological polar surface area (TPSA) is 22.8 Å². The van der Waals surface area contributed by atoms with Crippen molar-refractivity contribution in [2.24, 2.45) is 11.8 Å². The fourth-order valence-corrected chi connectivity index (χ4v) is 4.00. The number of imidazole rings is 1. The Labute approximate surface area is 131 Å². The van der Waals surface area contributed by atoms with Gasteiger partial charge in [-0.05, 0) is 29.4 Å². The minimum atomic E-state index is 0.688. The summed E-state index contributed by atoms with van der Waals surface area (Å²) in [5.74, 6) is 1.54. The molecule has 1 saturated carbocycles. The van der Waals surface area contributed by atoms with E-state index in [0.29, 0.717) is 5.92 Å². The Morgan fingerprint density at radius 2 is 1.91 bits per heavy atom. The van der Waals surface area contributed by atoms with E-state index in [9.17, 15) is 0 Å². The van der Waals surface area contributed by atoms with Gasteiger partial charge in [0.05, 0.1) is 6.33 Å². The monoisotopic (exact) mass is 293 g/mol. The van der Waals surface area contributed by atoms with Crippen molar-refractivity contribution >= 4 is 10.9 Å². The third-order valence-corrected chi connectivity index (χ3v) is 5.18. The third-order valence-electron chi connectivity index (χ3n) is 5.18. The molecule has 1 fully saturated rings. The average molecular weight is 293 g/mol. The molecule has 22 heavy (non-hydrogen) atoms. The molecule has 0 saturated heterocycles. The van der Waals surface area contributed by atoms with Gasteiger partial charge in [0.1, 0.15) is 0 Å². The Bertz CT molecular complexity index is 720. The maximum absolute atomic E-state index is 4.20. The van der Waals surface area contributed by atoms with Gasteiger partial charge >= 0.3 is 0 Å². The molecule has 0 spiro atoms. The van der Waals surface area contributed by atoms with E-state index in [2.05, 4.69) is 56.8 Å². The minimum Gasteiger partial charge on any atom is -0.347 e. The van der Waals surface area contributed by atoms with Crippen molar-refractivity contribution in [1.82, 2.24) is 14.1 Å². The molecule has 0 radical (unpaired) electrons.